The van der Waals surface area contributed by atoms with Crippen molar-refractivity contribution in [3.05, 3.63) is 29.8 Å². The van der Waals surface area contributed by atoms with Gasteiger partial charge in [0.05, 0.1) is 12.6 Å². The van der Waals surface area contributed by atoms with Crippen LogP contribution in [0.5, 0.6) is 5.75 Å². The van der Waals surface area contributed by atoms with Crippen molar-refractivity contribution in [3.63, 3.8) is 0 Å². The molecule has 0 saturated carbocycles. The Hall–Kier alpha value is -1.39. The summed E-state index contributed by atoms with van der Waals surface area (Å²) < 4.78 is 5.54. The molecule has 110 valence electrons. The summed E-state index contributed by atoms with van der Waals surface area (Å²) in [4.78, 5) is 14.7. The summed E-state index contributed by atoms with van der Waals surface area (Å²) in [5, 5.41) is 3.31. The highest BCUT2D eigenvalue weighted by Crippen LogP contribution is 2.15. The Labute approximate surface area is 121 Å². The van der Waals surface area contributed by atoms with Gasteiger partial charge in [-0.25, -0.2) is 0 Å². The number of Topliss-reactive ketones (excluding diaryl/α,β-unsaturated/α-hetero) is 1. The molecule has 1 aromatic carbocycles. The van der Waals surface area contributed by atoms with Gasteiger partial charge in [-0.3, -0.25) is 9.69 Å². The highest BCUT2D eigenvalue weighted by Gasteiger charge is 2.23. The second-order valence-corrected chi connectivity index (χ2v) is 5.20. The molecule has 1 unspecified atom stereocenters. The molecular weight excluding hydrogens is 252 g/mol. The lowest BCUT2D eigenvalue weighted by Crippen LogP contribution is -2.50. The number of ether oxygens (including phenoxy) is 1. The minimum atomic E-state index is -0.0560. The Morgan fingerprint density at radius 1 is 1.30 bits per heavy atom. The number of piperazine rings is 1. The van der Waals surface area contributed by atoms with E-state index in [1.165, 1.54) is 0 Å². The lowest BCUT2D eigenvalue weighted by atomic mass is 10.0. The summed E-state index contributed by atoms with van der Waals surface area (Å²) in [5.41, 5.74) is 0.764. The first-order chi connectivity index (χ1) is 9.72. The van der Waals surface area contributed by atoms with Crippen LogP contribution in [0.2, 0.25) is 0 Å². The molecule has 4 heteroatoms. The maximum Gasteiger partial charge on any atom is 0.179 e. The Kier molecular flexibility index (Phi) is 5.56. The fourth-order valence-corrected chi connectivity index (χ4v) is 2.41. The van der Waals surface area contributed by atoms with Gasteiger partial charge in [-0.15, -0.1) is 0 Å². The average molecular weight is 276 g/mol. The Balaban J connectivity index is 1.97. The van der Waals surface area contributed by atoms with E-state index < -0.39 is 0 Å². The molecule has 0 amide bonds. The number of carbonyl (C=O) groups excluding carboxylic acids is 1. The van der Waals surface area contributed by atoms with Gasteiger partial charge in [-0.2, -0.15) is 0 Å². The minimum absolute atomic E-state index is 0.0560. The molecule has 1 aromatic rings. The molecule has 1 saturated heterocycles. The summed E-state index contributed by atoms with van der Waals surface area (Å²) in [6.45, 7) is 8.57. The molecule has 1 heterocycles. The molecule has 0 aromatic heterocycles. The molecule has 20 heavy (non-hydrogen) atoms. The highest BCUT2D eigenvalue weighted by atomic mass is 16.5. The predicted octanol–water partition coefficient (Wildman–Crippen LogP) is 1.95. The van der Waals surface area contributed by atoms with Crippen molar-refractivity contribution in [1.82, 2.24) is 10.2 Å². The van der Waals surface area contributed by atoms with E-state index in [-0.39, 0.29) is 11.8 Å². The Bertz CT molecular complexity index is 425. The van der Waals surface area contributed by atoms with Gasteiger partial charge in [0.2, 0.25) is 0 Å². The van der Waals surface area contributed by atoms with Gasteiger partial charge in [0.1, 0.15) is 5.75 Å². The third-order valence-corrected chi connectivity index (χ3v) is 3.69. The van der Waals surface area contributed by atoms with Gasteiger partial charge in [0, 0.05) is 31.7 Å². The number of rotatable bonds is 6. The number of benzene rings is 1. The SMILES string of the molecule is CCCOc1ccc(C(=O)C(C)N2CCNCC2)cc1. The quantitative estimate of drug-likeness (QED) is 0.806. The van der Waals surface area contributed by atoms with Crippen molar-refractivity contribution in [3.8, 4) is 5.75 Å². The standard InChI is InChI=1S/C16H24N2O2/c1-3-12-20-15-6-4-14(5-7-15)16(19)13(2)18-10-8-17-9-11-18/h4-7,13,17H,3,8-12H2,1-2H3. The van der Waals surface area contributed by atoms with Crippen LogP contribution in [0.3, 0.4) is 0 Å². The molecule has 4 nitrogen and oxygen atoms in total. The molecule has 0 aliphatic carbocycles. The van der Waals surface area contributed by atoms with E-state index in [1.54, 1.807) is 0 Å². The fourth-order valence-electron chi connectivity index (χ4n) is 2.41. The summed E-state index contributed by atoms with van der Waals surface area (Å²) in [6, 6.07) is 7.44. The first-order valence-electron chi connectivity index (χ1n) is 7.44. The van der Waals surface area contributed by atoms with Crippen LogP contribution in [0.25, 0.3) is 0 Å². The van der Waals surface area contributed by atoms with Crippen LogP contribution in [0.15, 0.2) is 24.3 Å². The lowest BCUT2D eigenvalue weighted by Gasteiger charge is -2.31. The molecule has 0 radical (unpaired) electrons. The lowest BCUT2D eigenvalue weighted by molar-refractivity contribution is 0.0820. The van der Waals surface area contributed by atoms with Crippen molar-refractivity contribution < 1.29 is 9.53 Å². The molecule has 1 aliphatic heterocycles. The third kappa shape index (κ3) is 3.81. The van der Waals surface area contributed by atoms with Gasteiger partial charge >= 0.3 is 0 Å². The van der Waals surface area contributed by atoms with Crippen LogP contribution in [0, 0.1) is 0 Å². The van der Waals surface area contributed by atoms with E-state index in [0.29, 0.717) is 6.61 Å². The predicted molar refractivity (Wildman–Crippen MR) is 80.5 cm³/mol. The van der Waals surface area contributed by atoms with Gasteiger partial charge in [-0.1, -0.05) is 6.92 Å². The van der Waals surface area contributed by atoms with Crippen LogP contribution in [0.1, 0.15) is 30.6 Å². The first-order valence-corrected chi connectivity index (χ1v) is 7.44. The number of hydrogen-bond acceptors (Lipinski definition) is 4. The Morgan fingerprint density at radius 3 is 2.55 bits per heavy atom. The number of nitrogens with zero attached hydrogens (tertiary/aromatic N) is 1. The smallest absolute Gasteiger partial charge is 0.179 e. The molecule has 1 N–H and O–H groups in total. The number of nitrogens with one attached hydrogen (secondary N) is 1. The van der Waals surface area contributed by atoms with Crippen molar-refractivity contribution in [2.75, 3.05) is 32.8 Å². The first kappa shape index (κ1) is 15.0. The zero-order chi connectivity index (χ0) is 14.4. The van der Waals surface area contributed by atoms with Crippen molar-refractivity contribution in [1.29, 1.82) is 0 Å². The van der Waals surface area contributed by atoms with Gasteiger partial charge < -0.3 is 10.1 Å². The average Bonchev–Trinajstić information content (AvgIpc) is 2.53. The maximum atomic E-state index is 12.5. The van der Waals surface area contributed by atoms with Gasteiger partial charge in [0.15, 0.2) is 5.78 Å². The van der Waals surface area contributed by atoms with E-state index in [4.69, 9.17) is 4.74 Å². The minimum Gasteiger partial charge on any atom is -0.494 e. The molecule has 0 spiro atoms. The van der Waals surface area contributed by atoms with Crippen LogP contribution >= 0.6 is 0 Å². The van der Waals surface area contributed by atoms with E-state index in [9.17, 15) is 4.79 Å². The number of hydrogen-bond donors (Lipinski definition) is 1. The summed E-state index contributed by atoms with van der Waals surface area (Å²) >= 11 is 0. The summed E-state index contributed by atoms with van der Waals surface area (Å²) in [7, 11) is 0. The maximum absolute atomic E-state index is 12.5. The van der Waals surface area contributed by atoms with Crippen molar-refractivity contribution in [2.45, 2.75) is 26.3 Å². The van der Waals surface area contributed by atoms with E-state index in [1.807, 2.05) is 31.2 Å². The molecule has 0 bridgehead atoms. The zero-order valence-electron chi connectivity index (χ0n) is 12.4. The molecule has 1 aliphatic rings. The van der Waals surface area contributed by atoms with Crippen molar-refractivity contribution in [2.24, 2.45) is 0 Å². The number of carbonyl (C=O) groups is 1. The van der Waals surface area contributed by atoms with Crippen LogP contribution in [-0.2, 0) is 0 Å². The molecule has 1 fully saturated rings. The normalized spacial score (nSPS) is 17.7. The van der Waals surface area contributed by atoms with Crippen LogP contribution in [0.4, 0.5) is 0 Å². The zero-order valence-corrected chi connectivity index (χ0v) is 12.4. The van der Waals surface area contributed by atoms with E-state index in [2.05, 4.69) is 17.1 Å². The Morgan fingerprint density at radius 2 is 1.95 bits per heavy atom. The molecule has 2 rings (SSSR count). The van der Waals surface area contributed by atoms with Crippen molar-refractivity contribution >= 4 is 5.78 Å². The second-order valence-electron chi connectivity index (χ2n) is 5.20. The van der Waals surface area contributed by atoms with Crippen LogP contribution in [-0.4, -0.2) is 49.5 Å². The molecular formula is C16H24N2O2. The topological polar surface area (TPSA) is 41.6 Å². The van der Waals surface area contributed by atoms with E-state index >= 15 is 0 Å². The summed E-state index contributed by atoms with van der Waals surface area (Å²) in [5.74, 6) is 1.02. The summed E-state index contributed by atoms with van der Waals surface area (Å²) in [6.07, 6.45) is 0.987. The molecule has 1 atom stereocenters. The van der Waals surface area contributed by atoms with E-state index in [0.717, 1.165) is 43.9 Å². The monoisotopic (exact) mass is 276 g/mol. The highest BCUT2D eigenvalue weighted by molar-refractivity contribution is 5.99. The fraction of sp³-hybridized carbons (Fsp3) is 0.562. The van der Waals surface area contributed by atoms with Gasteiger partial charge in [-0.05, 0) is 37.6 Å². The number of ketones is 1. The third-order valence-electron chi connectivity index (χ3n) is 3.69. The van der Waals surface area contributed by atoms with Crippen LogP contribution < -0.4 is 10.1 Å². The van der Waals surface area contributed by atoms with Gasteiger partial charge in [0.25, 0.3) is 0 Å². The second kappa shape index (κ2) is 7.41. The largest absolute Gasteiger partial charge is 0.494 e.